The normalized spacial score (nSPS) is 23.9. The van der Waals surface area contributed by atoms with Gasteiger partial charge in [0, 0.05) is 23.4 Å². The number of hydrogen-bond donors (Lipinski definition) is 3. The zero-order valence-electron chi connectivity index (χ0n) is 28.6. The number of nitrogens with one attached hydrogen (secondary N) is 2. The Bertz CT molecular complexity index is 1050. The summed E-state index contributed by atoms with van der Waals surface area (Å²) in [4.78, 5) is 38.8. The van der Waals surface area contributed by atoms with Crippen LogP contribution in [-0.2, 0) is 30.3 Å². The van der Waals surface area contributed by atoms with Gasteiger partial charge in [-0.05, 0) is 63.9 Å². The molecule has 1 aliphatic carbocycles. The van der Waals surface area contributed by atoms with Gasteiger partial charge in [0.2, 0.25) is 11.8 Å². The summed E-state index contributed by atoms with van der Waals surface area (Å²) in [5.74, 6) is -2.02. The minimum Gasteiger partial charge on any atom is -0.481 e. The van der Waals surface area contributed by atoms with Gasteiger partial charge in [-0.3, -0.25) is 14.4 Å². The van der Waals surface area contributed by atoms with Crippen molar-refractivity contribution >= 4 is 17.8 Å². The highest BCUT2D eigenvalue weighted by atomic mass is 16.7. The summed E-state index contributed by atoms with van der Waals surface area (Å²) in [7, 11) is 0. The van der Waals surface area contributed by atoms with Gasteiger partial charge in [-0.1, -0.05) is 102 Å². The molecule has 3 atom stereocenters. The van der Waals surface area contributed by atoms with Gasteiger partial charge in [0.1, 0.15) is 6.10 Å². The minimum absolute atomic E-state index is 0.0200. The fourth-order valence-electron chi connectivity index (χ4n) is 6.84. The molecule has 1 aromatic rings. The predicted molar refractivity (Wildman–Crippen MR) is 178 cm³/mol. The molecule has 2 aliphatic rings. The smallest absolute Gasteiger partial charge is 0.305 e. The lowest BCUT2D eigenvalue weighted by Crippen LogP contribution is -2.58. The Kier molecular flexibility index (Phi) is 14.8. The SMILES string of the molecule is CCCCCCCCCCC(Cc1ccccc1)C(=O)NC1CCC(C(CC(=O)O)NC(=O)C2OC(C)(C)OCC2(C)C)CC1. The summed E-state index contributed by atoms with van der Waals surface area (Å²) < 4.78 is 11.8. The van der Waals surface area contributed by atoms with Crippen LogP contribution in [0, 0.1) is 17.3 Å². The Balaban J connectivity index is 1.53. The second kappa shape index (κ2) is 18.0. The van der Waals surface area contributed by atoms with Gasteiger partial charge in [-0.15, -0.1) is 0 Å². The Morgan fingerprint density at radius 2 is 1.53 bits per heavy atom. The van der Waals surface area contributed by atoms with E-state index in [1.807, 2.05) is 32.0 Å². The molecule has 2 fully saturated rings. The van der Waals surface area contributed by atoms with Crippen molar-refractivity contribution in [2.45, 2.75) is 155 Å². The van der Waals surface area contributed by atoms with Crippen LogP contribution in [0.15, 0.2) is 30.3 Å². The third kappa shape index (κ3) is 12.7. The van der Waals surface area contributed by atoms with Gasteiger partial charge in [0.25, 0.3) is 0 Å². The number of carboxylic acids is 1. The van der Waals surface area contributed by atoms with E-state index < -0.39 is 29.3 Å². The molecule has 45 heavy (non-hydrogen) atoms. The maximum absolute atomic E-state index is 13.6. The molecule has 0 radical (unpaired) electrons. The number of hydrogen-bond acceptors (Lipinski definition) is 5. The van der Waals surface area contributed by atoms with Gasteiger partial charge in [0.15, 0.2) is 5.79 Å². The van der Waals surface area contributed by atoms with Crippen LogP contribution in [0.2, 0.25) is 0 Å². The Labute approximate surface area is 271 Å². The van der Waals surface area contributed by atoms with Crippen LogP contribution in [0.5, 0.6) is 0 Å². The Morgan fingerprint density at radius 3 is 2.16 bits per heavy atom. The predicted octanol–water partition coefficient (Wildman–Crippen LogP) is 7.19. The van der Waals surface area contributed by atoms with E-state index in [1.54, 1.807) is 13.8 Å². The summed E-state index contributed by atoms with van der Waals surface area (Å²) in [6.07, 6.45) is 13.7. The number of unbranched alkanes of at least 4 members (excludes halogenated alkanes) is 7. The molecule has 254 valence electrons. The Hall–Kier alpha value is -2.45. The lowest BCUT2D eigenvalue weighted by atomic mass is 9.79. The molecule has 3 N–H and O–H groups in total. The molecule has 8 heteroatoms. The maximum Gasteiger partial charge on any atom is 0.305 e. The maximum atomic E-state index is 13.6. The summed E-state index contributed by atoms with van der Waals surface area (Å²) in [6.45, 7) is 10.0. The average molecular weight is 629 g/mol. The van der Waals surface area contributed by atoms with E-state index in [0.29, 0.717) is 6.61 Å². The van der Waals surface area contributed by atoms with Crippen molar-refractivity contribution in [2.24, 2.45) is 17.3 Å². The van der Waals surface area contributed by atoms with E-state index in [-0.39, 0.29) is 36.1 Å². The lowest BCUT2D eigenvalue weighted by Gasteiger charge is -2.45. The van der Waals surface area contributed by atoms with Crippen molar-refractivity contribution in [1.82, 2.24) is 10.6 Å². The number of aliphatic carboxylic acids is 1. The number of carboxylic acid groups (broad SMARTS) is 1. The summed E-state index contributed by atoms with van der Waals surface area (Å²) in [5.41, 5.74) is 0.647. The van der Waals surface area contributed by atoms with E-state index in [2.05, 4.69) is 29.7 Å². The van der Waals surface area contributed by atoms with Gasteiger partial charge >= 0.3 is 5.97 Å². The summed E-state index contributed by atoms with van der Waals surface area (Å²) in [6, 6.07) is 9.84. The van der Waals surface area contributed by atoms with Crippen LogP contribution in [0.1, 0.15) is 130 Å². The fraction of sp³-hybridized carbons (Fsp3) is 0.757. The molecule has 0 aromatic heterocycles. The van der Waals surface area contributed by atoms with E-state index in [4.69, 9.17) is 9.47 Å². The number of amides is 2. The third-order valence-electron chi connectivity index (χ3n) is 9.65. The van der Waals surface area contributed by atoms with Gasteiger partial charge in [0.05, 0.1) is 13.0 Å². The topological polar surface area (TPSA) is 114 Å². The molecule has 3 unspecified atom stereocenters. The van der Waals surface area contributed by atoms with Crippen molar-refractivity contribution in [3.63, 3.8) is 0 Å². The van der Waals surface area contributed by atoms with Crippen LogP contribution in [0.3, 0.4) is 0 Å². The van der Waals surface area contributed by atoms with E-state index >= 15 is 0 Å². The molecule has 3 rings (SSSR count). The minimum atomic E-state index is -0.937. The summed E-state index contributed by atoms with van der Waals surface area (Å²) in [5, 5.41) is 16.1. The van der Waals surface area contributed by atoms with Crippen molar-refractivity contribution in [2.75, 3.05) is 6.61 Å². The first kappa shape index (κ1) is 37.0. The molecule has 1 saturated heterocycles. The molecule has 0 spiro atoms. The van der Waals surface area contributed by atoms with Gasteiger partial charge in [-0.2, -0.15) is 0 Å². The zero-order valence-corrected chi connectivity index (χ0v) is 28.6. The molecular weight excluding hydrogens is 568 g/mol. The zero-order chi connectivity index (χ0) is 32.9. The van der Waals surface area contributed by atoms with Crippen molar-refractivity contribution < 1.29 is 29.0 Å². The highest BCUT2D eigenvalue weighted by molar-refractivity contribution is 5.83. The highest BCUT2D eigenvalue weighted by Gasteiger charge is 2.46. The molecular formula is C37H60N2O6. The largest absolute Gasteiger partial charge is 0.481 e. The van der Waals surface area contributed by atoms with Crippen molar-refractivity contribution in [3.05, 3.63) is 35.9 Å². The number of carbonyl (C=O) groups is 3. The monoisotopic (exact) mass is 628 g/mol. The second-order valence-corrected chi connectivity index (χ2v) is 14.7. The van der Waals surface area contributed by atoms with E-state index in [1.165, 1.54) is 50.5 Å². The number of benzene rings is 1. The number of ether oxygens (including phenoxy) is 2. The number of rotatable bonds is 18. The van der Waals surface area contributed by atoms with Crippen LogP contribution in [0.25, 0.3) is 0 Å². The Morgan fingerprint density at radius 1 is 0.911 bits per heavy atom. The average Bonchev–Trinajstić information content (AvgIpc) is 2.99. The lowest BCUT2D eigenvalue weighted by molar-refractivity contribution is -0.304. The van der Waals surface area contributed by atoms with Crippen LogP contribution < -0.4 is 10.6 Å². The van der Waals surface area contributed by atoms with E-state index in [9.17, 15) is 19.5 Å². The molecule has 8 nitrogen and oxygen atoms in total. The molecule has 1 aromatic carbocycles. The molecule has 1 saturated carbocycles. The standard InChI is InChI=1S/C37H60N2O6/c1-6-7-8-9-10-11-12-16-19-29(24-27-17-14-13-15-18-27)34(42)38-30-22-20-28(21-23-30)31(25-32(40)41)39-35(43)33-36(2,3)26-44-37(4,5)45-33/h13-15,17-18,28-31,33H,6-12,16,19-26H2,1-5H3,(H,38,42)(H,39,43)(H,40,41). The van der Waals surface area contributed by atoms with Crippen LogP contribution in [0.4, 0.5) is 0 Å². The third-order valence-corrected chi connectivity index (χ3v) is 9.65. The summed E-state index contributed by atoms with van der Waals surface area (Å²) >= 11 is 0. The molecule has 2 amide bonds. The van der Waals surface area contributed by atoms with Crippen LogP contribution >= 0.6 is 0 Å². The van der Waals surface area contributed by atoms with Crippen LogP contribution in [-0.4, -0.2) is 53.5 Å². The molecule has 0 bridgehead atoms. The first-order valence-corrected chi connectivity index (χ1v) is 17.6. The van der Waals surface area contributed by atoms with Gasteiger partial charge < -0.3 is 25.2 Å². The molecule has 1 heterocycles. The number of carbonyl (C=O) groups excluding carboxylic acids is 2. The van der Waals surface area contributed by atoms with E-state index in [0.717, 1.165) is 44.9 Å². The van der Waals surface area contributed by atoms with Crippen molar-refractivity contribution in [3.8, 4) is 0 Å². The fourth-order valence-corrected chi connectivity index (χ4v) is 6.84. The second-order valence-electron chi connectivity index (χ2n) is 14.7. The van der Waals surface area contributed by atoms with Crippen molar-refractivity contribution in [1.29, 1.82) is 0 Å². The first-order chi connectivity index (χ1) is 21.4. The highest BCUT2D eigenvalue weighted by Crippen LogP contribution is 2.36. The quantitative estimate of drug-likeness (QED) is 0.148. The molecule has 1 aliphatic heterocycles. The van der Waals surface area contributed by atoms with Gasteiger partial charge in [-0.25, -0.2) is 0 Å². The first-order valence-electron chi connectivity index (χ1n) is 17.6.